The molecule has 1 aliphatic heterocycles. The second-order valence-electron chi connectivity index (χ2n) is 8.32. The van der Waals surface area contributed by atoms with Gasteiger partial charge in [-0.1, -0.05) is 18.5 Å². The molecule has 0 N–H and O–H groups in total. The lowest BCUT2D eigenvalue weighted by Crippen LogP contribution is -2.63. The molecule has 1 unspecified atom stereocenters. The third kappa shape index (κ3) is 6.11. The van der Waals surface area contributed by atoms with E-state index in [9.17, 15) is 4.79 Å². The SMILES string of the molecule is BB(B)B(B)B(B(B)B)B1CC1COc1cccc(COC(C)=O)c1. The Morgan fingerprint density at radius 3 is 2.56 bits per heavy atom. The number of carbonyl (C=O) groups excluding carboxylic acids is 1. The van der Waals surface area contributed by atoms with Crippen molar-refractivity contribution in [3.8, 4) is 5.75 Å². The summed E-state index contributed by atoms with van der Waals surface area (Å²) in [5.41, 5.74) is 0.966. The fraction of sp³-hybridized carbons (Fsp3) is 0.417. The summed E-state index contributed by atoms with van der Waals surface area (Å²) in [4.78, 5) is 10.9. The van der Waals surface area contributed by atoms with Crippen LogP contribution < -0.4 is 4.74 Å². The monoisotopic (exact) mass is 326 g/mol. The van der Waals surface area contributed by atoms with Gasteiger partial charge in [-0.25, -0.2) is 0 Å². The second-order valence-corrected chi connectivity index (χ2v) is 8.32. The smallest absolute Gasteiger partial charge is 0.302 e. The summed E-state index contributed by atoms with van der Waals surface area (Å²) < 4.78 is 11.1. The van der Waals surface area contributed by atoms with Crippen molar-refractivity contribution in [1.82, 2.24) is 0 Å². The zero-order valence-electron chi connectivity index (χ0n) is 16.6. The van der Waals surface area contributed by atoms with E-state index in [2.05, 4.69) is 38.7 Å². The van der Waals surface area contributed by atoms with Crippen LogP contribution in [0.25, 0.3) is 0 Å². The molecule has 13 heteroatoms. The minimum Gasteiger partial charge on any atom is -0.494 e. The molecule has 1 atom stereocenters. The van der Waals surface area contributed by atoms with Gasteiger partial charge in [0.15, 0.2) is 0 Å². The van der Waals surface area contributed by atoms with Crippen LogP contribution in [0.15, 0.2) is 24.3 Å². The average molecular weight is 324 g/mol. The Morgan fingerprint density at radius 2 is 1.96 bits per heavy atom. The van der Waals surface area contributed by atoms with Crippen LogP contribution in [0.2, 0.25) is 12.1 Å². The predicted octanol–water partition coefficient (Wildman–Crippen LogP) is -4.05. The first kappa shape index (κ1) is 20.5. The number of hydrogen-bond donors (Lipinski definition) is 0. The molecular formula is C12H24B10O3. The maximum atomic E-state index is 10.9. The minimum atomic E-state index is -0.258. The zero-order chi connectivity index (χ0) is 18.6. The molecule has 0 aromatic heterocycles. The molecule has 1 fully saturated rings. The Labute approximate surface area is 159 Å². The van der Waals surface area contributed by atoms with Crippen LogP contribution in [0.3, 0.4) is 0 Å². The molecule has 1 aromatic carbocycles. The van der Waals surface area contributed by atoms with Gasteiger partial charge in [0, 0.05) is 32.5 Å². The molecular weight excluding hydrogens is 300 g/mol. The molecule has 1 aromatic rings. The quantitative estimate of drug-likeness (QED) is 0.343. The van der Waals surface area contributed by atoms with E-state index < -0.39 is 0 Å². The molecule has 0 amide bonds. The highest BCUT2D eigenvalue weighted by atomic mass is 16.5. The lowest BCUT2D eigenvalue weighted by molar-refractivity contribution is -0.142. The molecule has 1 aliphatic rings. The average Bonchev–Trinajstić information content (AvgIpc) is 3.30. The molecule has 120 valence electrons. The van der Waals surface area contributed by atoms with Crippen molar-refractivity contribution >= 4 is 76.8 Å². The first-order valence-corrected chi connectivity index (χ1v) is 9.64. The molecule has 1 heterocycles. The van der Waals surface area contributed by atoms with Crippen LogP contribution in [0.4, 0.5) is 0 Å². The van der Waals surface area contributed by atoms with Crippen LogP contribution >= 0.6 is 0 Å². The molecule has 0 bridgehead atoms. The topological polar surface area (TPSA) is 35.5 Å². The van der Waals surface area contributed by atoms with E-state index in [1.54, 1.807) is 0 Å². The largest absolute Gasteiger partial charge is 0.494 e. The van der Waals surface area contributed by atoms with E-state index in [1.807, 2.05) is 24.3 Å². The van der Waals surface area contributed by atoms with E-state index in [-0.39, 0.29) is 5.97 Å². The molecule has 0 aliphatic carbocycles. The number of hydrogen-bond acceptors (Lipinski definition) is 3. The van der Waals surface area contributed by atoms with E-state index in [4.69, 9.17) is 9.47 Å². The van der Waals surface area contributed by atoms with Gasteiger partial charge in [-0.2, -0.15) is 0 Å². The van der Waals surface area contributed by atoms with Gasteiger partial charge < -0.3 is 9.47 Å². The van der Waals surface area contributed by atoms with E-state index in [1.165, 1.54) is 13.2 Å². The maximum absolute atomic E-state index is 10.9. The van der Waals surface area contributed by atoms with E-state index in [0.717, 1.165) is 50.1 Å². The Bertz CT molecular complexity index is 586. The normalized spacial score (nSPS) is 15.2. The van der Waals surface area contributed by atoms with Gasteiger partial charge >= 0.3 is 5.97 Å². The number of rotatable bonds is 9. The maximum Gasteiger partial charge on any atom is 0.302 e. The number of esters is 1. The van der Waals surface area contributed by atoms with Gasteiger partial charge in [0.25, 0.3) is 0 Å². The van der Waals surface area contributed by atoms with Crippen LogP contribution in [0, 0.1) is 0 Å². The highest BCUT2D eigenvalue weighted by Crippen LogP contribution is 2.39. The third-order valence-corrected chi connectivity index (χ3v) is 5.70. The first-order valence-electron chi connectivity index (χ1n) is 9.64. The standard InChI is InChI=1S/C12H24B10O3/c1-9(23)24-7-10-3-2-4-12(5-10)25-8-11-6-18(11)22(20(15)16)21(17)19(13)14/h2-5,11H,6-8,13-17H2,1H3. The Morgan fingerprint density at radius 1 is 1.24 bits per heavy atom. The summed E-state index contributed by atoms with van der Waals surface area (Å²) >= 11 is 0. The Hall–Kier alpha value is -0.861. The van der Waals surface area contributed by atoms with Crippen molar-refractivity contribution in [3.05, 3.63) is 29.8 Å². The Balaban J connectivity index is 1.86. The fourth-order valence-corrected chi connectivity index (χ4v) is 3.98. The second kappa shape index (κ2) is 9.19. The lowest BCUT2D eigenvalue weighted by Gasteiger charge is -2.24. The van der Waals surface area contributed by atoms with Gasteiger partial charge in [0.2, 0.25) is 0 Å². The highest BCUT2D eigenvalue weighted by Gasteiger charge is 2.50. The van der Waals surface area contributed by atoms with Gasteiger partial charge in [-0.05, 0) is 23.5 Å². The van der Waals surface area contributed by atoms with Crippen LogP contribution in [0.5, 0.6) is 5.75 Å². The van der Waals surface area contributed by atoms with Crippen molar-refractivity contribution in [2.24, 2.45) is 0 Å². The molecule has 1 saturated heterocycles. The summed E-state index contributed by atoms with van der Waals surface area (Å²) in [6, 6.07) is 7.85. The molecule has 0 radical (unpaired) electrons. The first-order chi connectivity index (χ1) is 11.8. The van der Waals surface area contributed by atoms with Crippen molar-refractivity contribution in [3.63, 3.8) is 0 Å². The van der Waals surface area contributed by atoms with Crippen LogP contribution in [-0.4, -0.2) is 83.4 Å². The summed E-state index contributed by atoms with van der Waals surface area (Å²) in [5, 5.41) is 0. The zero-order valence-corrected chi connectivity index (χ0v) is 16.6. The van der Waals surface area contributed by atoms with Crippen LogP contribution in [0.1, 0.15) is 12.5 Å². The number of carbonyl (C=O) groups is 1. The molecule has 0 saturated carbocycles. The summed E-state index contributed by atoms with van der Waals surface area (Å²) in [6.07, 6.45) is 4.27. The van der Waals surface area contributed by atoms with Crippen molar-refractivity contribution in [2.45, 2.75) is 25.7 Å². The summed E-state index contributed by atoms with van der Waals surface area (Å²) in [7, 11) is 11.8. The predicted molar refractivity (Wildman–Crippen MR) is 127 cm³/mol. The fourth-order valence-electron chi connectivity index (χ4n) is 3.98. The highest BCUT2D eigenvalue weighted by molar-refractivity contribution is 8.01. The lowest BCUT2D eigenvalue weighted by atomic mass is 8.57. The summed E-state index contributed by atoms with van der Waals surface area (Å²) in [6.45, 7) is 3.31. The summed E-state index contributed by atoms with van der Waals surface area (Å²) in [5.74, 6) is 1.28. The van der Waals surface area contributed by atoms with Crippen molar-refractivity contribution in [2.75, 3.05) is 6.61 Å². The van der Waals surface area contributed by atoms with E-state index >= 15 is 0 Å². The molecule has 25 heavy (non-hydrogen) atoms. The Kier molecular flexibility index (Phi) is 7.51. The van der Waals surface area contributed by atoms with Crippen molar-refractivity contribution < 1.29 is 14.3 Å². The molecule has 2 rings (SSSR count). The van der Waals surface area contributed by atoms with Crippen LogP contribution in [-0.2, 0) is 16.1 Å². The minimum absolute atomic E-state index is 0.258. The van der Waals surface area contributed by atoms with E-state index in [0.29, 0.717) is 12.4 Å². The molecule has 3 nitrogen and oxygen atoms in total. The third-order valence-electron chi connectivity index (χ3n) is 5.70. The van der Waals surface area contributed by atoms with Gasteiger partial charge in [0.05, 0.1) is 51.9 Å². The van der Waals surface area contributed by atoms with Gasteiger partial charge in [-0.3, -0.25) is 4.79 Å². The van der Waals surface area contributed by atoms with Gasteiger partial charge in [0.1, 0.15) is 12.4 Å². The number of ether oxygens (including phenoxy) is 2. The van der Waals surface area contributed by atoms with Crippen molar-refractivity contribution in [1.29, 1.82) is 0 Å². The van der Waals surface area contributed by atoms with Gasteiger partial charge in [-0.15, -0.1) is 0 Å². The number of benzene rings is 1. The molecule has 0 spiro atoms.